The Hall–Kier alpha value is -2.15. The van der Waals surface area contributed by atoms with E-state index in [9.17, 15) is 13.2 Å². The SMILES string of the molecule is NCCOc1cnc(-c2cccc(C(F)(F)F)c2)nc1. The van der Waals surface area contributed by atoms with E-state index in [1.165, 1.54) is 24.5 Å². The van der Waals surface area contributed by atoms with Crippen molar-refractivity contribution in [3.63, 3.8) is 0 Å². The summed E-state index contributed by atoms with van der Waals surface area (Å²) in [6.07, 6.45) is -1.59. The van der Waals surface area contributed by atoms with E-state index in [0.29, 0.717) is 24.5 Å². The lowest BCUT2D eigenvalue weighted by Crippen LogP contribution is -2.10. The number of nitrogens with zero attached hydrogens (tertiary/aromatic N) is 2. The second-order valence-corrected chi connectivity index (χ2v) is 3.96. The fourth-order valence-electron chi connectivity index (χ4n) is 1.55. The van der Waals surface area contributed by atoms with Crippen molar-refractivity contribution in [3.8, 4) is 17.1 Å². The van der Waals surface area contributed by atoms with Crippen LogP contribution in [-0.4, -0.2) is 23.1 Å². The van der Waals surface area contributed by atoms with Crippen LogP contribution in [0.1, 0.15) is 5.56 Å². The molecule has 0 bridgehead atoms. The first kappa shape index (κ1) is 14.3. The molecule has 7 heteroatoms. The van der Waals surface area contributed by atoms with Gasteiger partial charge in [-0.25, -0.2) is 9.97 Å². The standard InChI is InChI=1S/C13H12F3N3O/c14-13(15,16)10-3-1-2-9(6-10)12-18-7-11(8-19-12)20-5-4-17/h1-3,6-8H,4-5,17H2. The van der Waals surface area contributed by atoms with Crippen LogP contribution < -0.4 is 10.5 Å². The van der Waals surface area contributed by atoms with Gasteiger partial charge in [0.05, 0.1) is 18.0 Å². The first-order chi connectivity index (χ1) is 9.50. The molecule has 0 saturated heterocycles. The molecule has 0 radical (unpaired) electrons. The van der Waals surface area contributed by atoms with Gasteiger partial charge in [0.1, 0.15) is 6.61 Å². The molecular formula is C13H12F3N3O. The topological polar surface area (TPSA) is 61.0 Å². The monoisotopic (exact) mass is 283 g/mol. The number of aromatic nitrogens is 2. The summed E-state index contributed by atoms with van der Waals surface area (Å²) in [6, 6.07) is 4.85. The zero-order chi connectivity index (χ0) is 14.6. The van der Waals surface area contributed by atoms with Gasteiger partial charge in [0, 0.05) is 12.1 Å². The average Bonchev–Trinajstić information content (AvgIpc) is 2.45. The van der Waals surface area contributed by atoms with E-state index in [0.717, 1.165) is 12.1 Å². The van der Waals surface area contributed by atoms with E-state index in [2.05, 4.69) is 9.97 Å². The number of hydrogen-bond donors (Lipinski definition) is 1. The first-order valence-electron chi connectivity index (χ1n) is 5.83. The Kier molecular flexibility index (Phi) is 4.19. The Balaban J connectivity index is 2.23. The van der Waals surface area contributed by atoms with Gasteiger partial charge in [-0.2, -0.15) is 13.2 Å². The van der Waals surface area contributed by atoms with E-state index in [1.807, 2.05) is 0 Å². The quantitative estimate of drug-likeness (QED) is 0.936. The van der Waals surface area contributed by atoms with E-state index in [4.69, 9.17) is 10.5 Å². The van der Waals surface area contributed by atoms with Crippen molar-refractivity contribution in [2.24, 2.45) is 5.73 Å². The third kappa shape index (κ3) is 3.45. The van der Waals surface area contributed by atoms with Gasteiger partial charge < -0.3 is 10.5 Å². The molecule has 0 unspecified atom stereocenters. The van der Waals surface area contributed by atoms with Crippen LogP contribution in [0.25, 0.3) is 11.4 Å². The Labute approximate surface area is 113 Å². The van der Waals surface area contributed by atoms with Crippen LogP contribution in [0.2, 0.25) is 0 Å². The Bertz CT molecular complexity index is 570. The molecule has 1 aromatic heterocycles. The van der Waals surface area contributed by atoms with Crippen LogP contribution in [0.3, 0.4) is 0 Å². The molecule has 20 heavy (non-hydrogen) atoms. The Morgan fingerprint density at radius 2 is 1.85 bits per heavy atom. The van der Waals surface area contributed by atoms with Crippen LogP contribution in [0.5, 0.6) is 5.75 Å². The lowest BCUT2D eigenvalue weighted by atomic mass is 10.1. The van der Waals surface area contributed by atoms with Gasteiger partial charge in [-0.05, 0) is 12.1 Å². The zero-order valence-electron chi connectivity index (χ0n) is 10.4. The van der Waals surface area contributed by atoms with E-state index in [1.54, 1.807) is 0 Å². The highest BCUT2D eigenvalue weighted by atomic mass is 19.4. The fourth-order valence-corrected chi connectivity index (χ4v) is 1.55. The highest BCUT2D eigenvalue weighted by Crippen LogP contribution is 2.31. The number of rotatable bonds is 4. The second-order valence-electron chi connectivity index (χ2n) is 3.96. The molecule has 0 atom stereocenters. The summed E-state index contributed by atoms with van der Waals surface area (Å²) < 4.78 is 43.0. The number of halogens is 3. The van der Waals surface area contributed by atoms with Crippen LogP contribution in [-0.2, 0) is 6.18 Å². The predicted molar refractivity (Wildman–Crippen MR) is 67.0 cm³/mol. The first-order valence-corrected chi connectivity index (χ1v) is 5.83. The maximum Gasteiger partial charge on any atom is 0.416 e. The third-order valence-electron chi connectivity index (χ3n) is 2.46. The van der Waals surface area contributed by atoms with Gasteiger partial charge >= 0.3 is 6.18 Å². The average molecular weight is 283 g/mol. The molecule has 4 nitrogen and oxygen atoms in total. The molecule has 1 heterocycles. The molecule has 0 aliphatic heterocycles. The van der Waals surface area contributed by atoms with Gasteiger partial charge in [-0.3, -0.25) is 0 Å². The molecule has 0 spiro atoms. The van der Waals surface area contributed by atoms with Crippen molar-refractivity contribution in [1.29, 1.82) is 0 Å². The van der Waals surface area contributed by atoms with Crippen molar-refractivity contribution in [1.82, 2.24) is 9.97 Å². The van der Waals surface area contributed by atoms with Gasteiger partial charge in [0.15, 0.2) is 11.6 Å². The molecule has 0 aliphatic rings. The summed E-state index contributed by atoms with van der Waals surface area (Å²) in [6.45, 7) is 0.682. The Morgan fingerprint density at radius 3 is 2.45 bits per heavy atom. The minimum Gasteiger partial charge on any atom is -0.489 e. The number of nitrogens with two attached hydrogens (primary N) is 1. The van der Waals surface area contributed by atoms with Crippen LogP contribution >= 0.6 is 0 Å². The second kappa shape index (κ2) is 5.87. The highest BCUT2D eigenvalue weighted by Gasteiger charge is 2.30. The minimum absolute atomic E-state index is 0.205. The highest BCUT2D eigenvalue weighted by molar-refractivity contribution is 5.56. The molecule has 2 rings (SSSR count). The Morgan fingerprint density at radius 1 is 1.15 bits per heavy atom. The summed E-state index contributed by atoms with van der Waals surface area (Å²) >= 11 is 0. The maximum atomic E-state index is 12.6. The summed E-state index contributed by atoms with van der Waals surface area (Å²) in [4.78, 5) is 7.96. The van der Waals surface area contributed by atoms with Gasteiger partial charge in [-0.15, -0.1) is 0 Å². The molecule has 2 aromatic rings. The van der Waals surface area contributed by atoms with Gasteiger partial charge in [0.25, 0.3) is 0 Å². The van der Waals surface area contributed by atoms with E-state index < -0.39 is 11.7 Å². The lowest BCUT2D eigenvalue weighted by Gasteiger charge is -2.08. The fraction of sp³-hybridized carbons (Fsp3) is 0.231. The molecule has 106 valence electrons. The number of hydrogen-bond acceptors (Lipinski definition) is 4. The van der Waals surface area contributed by atoms with E-state index in [-0.39, 0.29) is 5.82 Å². The van der Waals surface area contributed by atoms with Crippen LogP contribution in [0.4, 0.5) is 13.2 Å². The molecular weight excluding hydrogens is 271 g/mol. The van der Waals surface area contributed by atoms with Crippen molar-refractivity contribution >= 4 is 0 Å². The predicted octanol–water partition coefficient (Wildman–Crippen LogP) is 2.50. The normalized spacial score (nSPS) is 11.4. The number of benzene rings is 1. The third-order valence-corrected chi connectivity index (χ3v) is 2.46. The molecule has 0 aliphatic carbocycles. The molecule has 0 amide bonds. The summed E-state index contributed by atoms with van der Waals surface area (Å²) in [5.41, 5.74) is 4.84. The summed E-state index contributed by atoms with van der Waals surface area (Å²) in [5.74, 6) is 0.627. The summed E-state index contributed by atoms with van der Waals surface area (Å²) in [5, 5.41) is 0. The van der Waals surface area contributed by atoms with Crippen LogP contribution in [0.15, 0.2) is 36.7 Å². The number of ether oxygens (including phenoxy) is 1. The minimum atomic E-state index is -4.39. The van der Waals surface area contributed by atoms with Crippen molar-refractivity contribution in [3.05, 3.63) is 42.2 Å². The van der Waals surface area contributed by atoms with Crippen molar-refractivity contribution in [2.75, 3.05) is 13.2 Å². The largest absolute Gasteiger partial charge is 0.489 e. The molecule has 1 aromatic carbocycles. The lowest BCUT2D eigenvalue weighted by molar-refractivity contribution is -0.137. The van der Waals surface area contributed by atoms with Crippen molar-refractivity contribution < 1.29 is 17.9 Å². The molecule has 0 saturated carbocycles. The summed E-state index contributed by atoms with van der Waals surface area (Å²) in [7, 11) is 0. The zero-order valence-corrected chi connectivity index (χ0v) is 10.4. The van der Waals surface area contributed by atoms with E-state index >= 15 is 0 Å². The number of alkyl halides is 3. The van der Waals surface area contributed by atoms with Crippen molar-refractivity contribution in [2.45, 2.75) is 6.18 Å². The van der Waals surface area contributed by atoms with Gasteiger partial charge in [-0.1, -0.05) is 12.1 Å². The molecule has 0 fully saturated rings. The van der Waals surface area contributed by atoms with Gasteiger partial charge in [0.2, 0.25) is 0 Å². The maximum absolute atomic E-state index is 12.6. The molecule has 2 N–H and O–H groups in total. The van der Waals surface area contributed by atoms with Crippen LogP contribution in [0, 0.1) is 0 Å². The smallest absolute Gasteiger partial charge is 0.416 e.